The number of aromatic nitrogens is 2. The molecule has 0 spiro atoms. The van der Waals surface area contributed by atoms with Crippen LogP contribution in [0.1, 0.15) is 5.56 Å². The Balaban J connectivity index is 1.80. The zero-order valence-corrected chi connectivity index (χ0v) is 12.4. The minimum Gasteiger partial charge on any atom is -0.492 e. The number of thiol groups is 1. The van der Waals surface area contributed by atoms with E-state index in [9.17, 15) is 4.55 Å². The molecule has 0 radical (unpaired) electrons. The second kappa shape index (κ2) is 5.04. The number of hydrogen-bond acceptors (Lipinski definition) is 4. The number of pyridine rings is 1. The summed E-state index contributed by atoms with van der Waals surface area (Å²) in [7, 11) is 0. The highest BCUT2D eigenvalue weighted by atomic mass is 79.9. The van der Waals surface area contributed by atoms with Crippen molar-refractivity contribution in [2.45, 2.75) is 0 Å². The molecule has 0 aliphatic carbocycles. The molecule has 2 aromatic rings. The predicted octanol–water partition coefficient (Wildman–Crippen LogP) is 2.45. The number of fused-ring (bicyclic) bond motifs is 1. The molecule has 5 nitrogen and oxygen atoms in total. The summed E-state index contributed by atoms with van der Waals surface area (Å²) >= 11 is 2.72. The van der Waals surface area contributed by atoms with Crippen LogP contribution >= 0.6 is 27.1 Å². The van der Waals surface area contributed by atoms with E-state index in [-0.39, 0.29) is 0 Å². The van der Waals surface area contributed by atoms with Crippen LogP contribution in [0.25, 0.3) is 5.52 Å². The molecule has 1 N–H and O–H groups in total. The predicted molar refractivity (Wildman–Crippen MR) is 77.9 cm³/mol. The first-order valence-electron chi connectivity index (χ1n) is 5.81. The molecule has 1 aliphatic heterocycles. The normalized spacial score (nSPS) is 23.8. The van der Waals surface area contributed by atoms with E-state index in [2.05, 4.69) is 27.1 Å². The van der Waals surface area contributed by atoms with Gasteiger partial charge in [0.05, 0.1) is 30.1 Å². The highest BCUT2D eigenvalue weighted by Crippen LogP contribution is 2.37. The van der Waals surface area contributed by atoms with Gasteiger partial charge in [0.2, 0.25) is 0 Å². The first kappa shape index (κ1) is 12.8. The Morgan fingerprint density at radius 2 is 2.42 bits per heavy atom. The summed E-state index contributed by atoms with van der Waals surface area (Å²) in [4.78, 5) is 0. The smallest absolute Gasteiger partial charge is 0.138 e. The summed E-state index contributed by atoms with van der Waals surface area (Å²) in [5, 5.41) is 13.1. The maximum Gasteiger partial charge on any atom is 0.138 e. The molecule has 0 amide bonds. The Hall–Kier alpha value is -1.23. The molecule has 1 fully saturated rings. The van der Waals surface area contributed by atoms with E-state index in [1.54, 1.807) is 10.7 Å². The molecule has 1 saturated heterocycles. The second-order valence-electron chi connectivity index (χ2n) is 4.54. The maximum atomic E-state index is 9.29. The SMILES string of the molecule is N#Cc1cnn2cc(OCC3C[SH](O)C3)cc(Br)c12. The van der Waals surface area contributed by atoms with Gasteiger partial charge in [-0.15, -0.1) is 0 Å². The van der Waals surface area contributed by atoms with Crippen molar-refractivity contribution in [1.29, 1.82) is 5.26 Å². The number of halogens is 1. The van der Waals surface area contributed by atoms with E-state index in [0.717, 1.165) is 21.5 Å². The number of hydrogen-bond donors (Lipinski definition) is 2. The third-order valence-electron chi connectivity index (χ3n) is 3.08. The molecule has 7 heteroatoms. The Bertz CT molecular complexity index is 661. The van der Waals surface area contributed by atoms with Crippen molar-refractivity contribution in [3.05, 3.63) is 28.5 Å². The summed E-state index contributed by atoms with van der Waals surface area (Å²) in [5.41, 5.74) is 1.28. The first-order chi connectivity index (χ1) is 9.17. The summed E-state index contributed by atoms with van der Waals surface area (Å²) in [6.45, 7) is 0.615. The third kappa shape index (κ3) is 2.43. The lowest BCUT2D eigenvalue weighted by molar-refractivity contribution is 0.263. The largest absolute Gasteiger partial charge is 0.492 e. The summed E-state index contributed by atoms with van der Waals surface area (Å²) in [5.74, 6) is 2.91. The standard InChI is InChI=1S/C12H12BrN3O2S/c13-11-1-10(18-5-8-6-19(17)7-8)4-16-12(11)9(2-14)3-15-16/h1,3-4,8,17,19H,5-7H2. The van der Waals surface area contributed by atoms with Gasteiger partial charge in [0.25, 0.3) is 0 Å². The van der Waals surface area contributed by atoms with Crippen molar-refractivity contribution in [1.82, 2.24) is 9.61 Å². The minimum absolute atomic E-state index is 0.456. The van der Waals surface area contributed by atoms with Gasteiger partial charge in [-0.2, -0.15) is 21.5 Å². The molecule has 3 heterocycles. The maximum absolute atomic E-state index is 9.29. The van der Waals surface area contributed by atoms with Crippen molar-refractivity contribution < 1.29 is 9.29 Å². The van der Waals surface area contributed by atoms with Crippen LogP contribution in [0, 0.1) is 17.2 Å². The lowest BCUT2D eigenvalue weighted by Crippen LogP contribution is -2.29. The minimum atomic E-state index is -0.714. The molecule has 0 atom stereocenters. The van der Waals surface area contributed by atoms with Gasteiger partial charge in [-0.05, 0) is 22.0 Å². The fourth-order valence-electron chi connectivity index (χ4n) is 2.07. The highest BCUT2D eigenvalue weighted by molar-refractivity contribution is 9.10. The zero-order valence-electron chi connectivity index (χ0n) is 9.95. The van der Waals surface area contributed by atoms with E-state index in [4.69, 9.17) is 10.00 Å². The van der Waals surface area contributed by atoms with Crippen molar-refractivity contribution in [3.8, 4) is 11.8 Å². The van der Waals surface area contributed by atoms with Crippen molar-refractivity contribution in [3.63, 3.8) is 0 Å². The average molecular weight is 342 g/mol. The molecule has 3 rings (SSSR count). The van der Waals surface area contributed by atoms with Crippen LogP contribution in [0.3, 0.4) is 0 Å². The Kier molecular flexibility index (Phi) is 3.39. The van der Waals surface area contributed by atoms with Crippen LogP contribution in [0.2, 0.25) is 0 Å². The van der Waals surface area contributed by atoms with Gasteiger partial charge in [-0.25, -0.2) is 4.52 Å². The number of rotatable bonds is 3. The van der Waals surface area contributed by atoms with E-state index in [1.807, 2.05) is 6.07 Å². The quantitative estimate of drug-likeness (QED) is 0.841. The summed E-state index contributed by atoms with van der Waals surface area (Å²) in [6, 6.07) is 3.95. The van der Waals surface area contributed by atoms with E-state index in [0.29, 0.717) is 23.8 Å². The van der Waals surface area contributed by atoms with Gasteiger partial charge < -0.3 is 9.29 Å². The fourth-order valence-corrected chi connectivity index (χ4v) is 3.99. The third-order valence-corrected chi connectivity index (χ3v) is 5.56. The lowest BCUT2D eigenvalue weighted by Gasteiger charge is -2.33. The lowest BCUT2D eigenvalue weighted by atomic mass is 10.2. The molecule has 2 aromatic heterocycles. The molecular weight excluding hydrogens is 330 g/mol. The van der Waals surface area contributed by atoms with Gasteiger partial charge in [-0.3, -0.25) is 0 Å². The number of nitriles is 1. The highest BCUT2D eigenvalue weighted by Gasteiger charge is 2.25. The molecule has 100 valence electrons. The Morgan fingerprint density at radius 3 is 3.11 bits per heavy atom. The van der Waals surface area contributed by atoms with E-state index < -0.39 is 11.2 Å². The topological polar surface area (TPSA) is 70.6 Å². The van der Waals surface area contributed by atoms with Crippen LogP contribution in [0.4, 0.5) is 0 Å². The van der Waals surface area contributed by atoms with E-state index >= 15 is 0 Å². The van der Waals surface area contributed by atoms with Crippen LogP contribution in [-0.4, -0.2) is 32.3 Å². The zero-order chi connectivity index (χ0) is 13.4. The first-order valence-corrected chi connectivity index (χ1v) is 8.27. The molecule has 1 aliphatic rings. The molecular formula is C12H12BrN3O2S. The van der Waals surface area contributed by atoms with Crippen LogP contribution in [-0.2, 0) is 0 Å². The van der Waals surface area contributed by atoms with Gasteiger partial charge in [0, 0.05) is 21.9 Å². The molecule has 0 aromatic carbocycles. The summed E-state index contributed by atoms with van der Waals surface area (Å²) in [6.07, 6.45) is 3.30. The van der Waals surface area contributed by atoms with Crippen molar-refractivity contribution in [2.75, 3.05) is 18.1 Å². The fraction of sp³-hybridized carbons (Fsp3) is 0.333. The van der Waals surface area contributed by atoms with Crippen molar-refractivity contribution in [2.24, 2.45) is 5.92 Å². The van der Waals surface area contributed by atoms with Crippen LogP contribution in [0.15, 0.2) is 22.9 Å². The average Bonchev–Trinajstić information content (AvgIpc) is 2.76. The molecule has 0 saturated carbocycles. The molecule has 19 heavy (non-hydrogen) atoms. The van der Waals surface area contributed by atoms with Crippen LogP contribution in [0.5, 0.6) is 5.75 Å². The van der Waals surface area contributed by atoms with Gasteiger partial charge in [0.15, 0.2) is 0 Å². The Morgan fingerprint density at radius 1 is 1.63 bits per heavy atom. The van der Waals surface area contributed by atoms with Crippen LogP contribution < -0.4 is 4.74 Å². The number of nitrogens with zero attached hydrogens (tertiary/aromatic N) is 3. The second-order valence-corrected chi connectivity index (χ2v) is 7.13. The van der Waals surface area contributed by atoms with Gasteiger partial charge >= 0.3 is 0 Å². The number of ether oxygens (including phenoxy) is 1. The van der Waals surface area contributed by atoms with E-state index in [1.165, 1.54) is 6.20 Å². The molecule has 0 unspecified atom stereocenters. The van der Waals surface area contributed by atoms with Gasteiger partial charge in [0.1, 0.15) is 11.8 Å². The van der Waals surface area contributed by atoms with Gasteiger partial charge in [-0.1, -0.05) is 0 Å². The summed E-state index contributed by atoms with van der Waals surface area (Å²) < 4.78 is 17.4. The van der Waals surface area contributed by atoms with Crippen molar-refractivity contribution >= 4 is 32.6 Å². The Labute approximate surface area is 121 Å². The monoisotopic (exact) mass is 341 g/mol. The molecule has 0 bridgehead atoms.